The average Bonchev–Trinajstić information content (AvgIpc) is 3.01. The van der Waals surface area contributed by atoms with E-state index in [9.17, 15) is 5.11 Å². The summed E-state index contributed by atoms with van der Waals surface area (Å²) in [6, 6.07) is 13.5. The van der Waals surface area contributed by atoms with Crippen LogP contribution in [0, 0.1) is 0 Å². The van der Waals surface area contributed by atoms with E-state index < -0.39 is 0 Å². The third-order valence-electron chi connectivity index (χ3n) is 3.97. The van der Waals surface area contributed by atoms with Gasteiger partial charge in [-0.3, -0.25) is 4.99 Å². The number of nitrogens with zero attached hydrogens (tertiary/aromatic N) is 2. The van der Waals surface area contributed by atoms with Crippen LogP contribution >= 0.6 is 11.6 Å². The van der Waals surface area contributed by atoms with E-state index in [1.54, 1.807) is 6.07 Å². The first-order valence-electron chi connectivity index (χ1n) is 6.64. The Hall–Kier alpha value is -2.00. The van der Waals surface area contributed by atoms with Gasteiger partial charge in [0.2, 0.25) is 0 Å². The Morgan fingerprint density at radius 2 is 1.95 bits per heavy atom. The zero-order valence-electron chi connectivity index (χ0n) is 10.8. The average molecular weight is 285 g/mol. The predicted octanol–water partition coefficient (Wildman–Crippen LogP) is 3.21. The first-order chi connectivity index (χ1) is 9.75. The van der Waals surface area contributed by atoms with Gasteiger partial charge in [0.05, 0.1) is 12.6 Å². The molecule has 0 fully saturated rings. The topological polar surface area (TPSA) is 35.8 Å². The molecule has 2 heterocycles. The summed E-state index contributed by atoms with van der Waals surface area (Å²) >= 11 is 5.97. The van der Waals surface area contributed by atoms with Crippen LogP contribution in [0.3, 0.4) is 0 Å². The van der Waals surface area contributed by atoms with Gasteiger partial charge >= 0.3 is 0 Å². The second-order valence-corrected chi connectivity index (χ2v) is 5.53. The molecule has 100 valence electrons. The number of rotatable bonds is 1. The zero-order valence-corrected chi connectivity index (χ0v) is 11.5. The lowest BCUT2D eigenvalue weighted by Gasteiger charge is -2.24. The first-order valence-corrected chi connectivity index (χ1v) is 7.02. The van der Waals surface area contributed by atoms with E-state index in [-0.39, 0.29) is 6.04 Å². The molecule has 1 N–H and O–H groups in total. The number of hydrogen-bond acceptors (Lipinski definition) is 3. The largest absolute Gasteiger partial charge is 0.508 e. The number of halogens is 1. The molecule has 0 aromatic heterocycles. The second-order valence-electron chi connectivity index (χ2n) is 5.09. The summed E-state index contributed by atoms with van der Waals surface area (Å²) in [4.78, 5) is 6.84. The van der Waals surface area contributed by atoms with Crippen molar-refractivity contribution in [1.82, 2.24) is 4.90 Å². The summed E-state index contributed by atoms with van der Waals surface area (Å²) in [6.45, 7) is 1.70. The van der Waals surface area contributed by atoms with Gasteiger partial charge in [-0.2, -0.15) is 0 Å². The van der Waals surface area contributed by atoms with Crippen LogP contribution in [0.4, 0.5) is 0 Å². The van der Waals surface area contributed by atoms with Gasteiger partial charge < -0.3 is 10.0 Å². The van der Waals surface area contributed by atoms with Crippen LogP contribution in [0.1, 0.15) is 22.7 Å². The van der Waals surface area contributed by atoms with Gasteiger partial charge in [0.15, 0.2) is 0 Å². The molecule has 0 saturated carbocycles. The summed E-state index contributed by atoms with van der Waals surface area (Å²) in [5, 5.41) is 11.0. The van der Waals surface area contributed by atoms with Crippen LogP contribution in [-0.2, 0) is 0 Å². The number of phenolic OH excluding ortho intramolecular Hbond substituents is 1. The van der Waals surface area contributed by atoms with Gasteiger partial charge in [0, 0.05) is 22.7 Å². The fourth-order valence-electron chi connectivity index (χ4n) is 3.13. The monoisotopic (exact) mass is 284 g/mol. The maximum Gasteiger partial charge on any atom is 0.132 e. The van der Waals surface area contributed by atoms with Crippen molar-refractivity contribution < 1.29 is 5.11 Å². The molecule has 0 radical (unpaired) electrons. The van der Waals surface area contributed by atoms with Crippen molar-refractivity contribution in [3.05, 3.63) is 64.2 Å². The smallest absolute Gasteiger partial charge is 0.132 e. The van der Waals surface area contributed by atoms with Crippen molar-refractivity contribution >= 4 is 17.4 Å². The van der Waals surface area contributed by atoms with Crippen molar-refractivity contribution in [2.24, 2.45) is 4.99 Å². The minimum Gasteiger partial charge on any atom is -0.508 e. The molecule has 0 saturated heterocycles. The van der Waals surface area contributed by atoms with Gasteiger partial charge in [0.25, 0.3) is 0 Å². The normalized spacial score (nSPS) is 19.8. The van der Waals surface area contributed by atoms with E-state index in [1.165, 1.54) is 0 Å². The third kappa shape index (κ3) is 1.56. The van der Waals surface area contributed by atoms with E-state index in [4.69, 9.17) is 11.6 Å². The lowest BCUT2D eigenvalue weighted by atomic mass is 9.97. The van der Waals surface area contributed by atoms with Crippen molar-refractivity contribution in [2.75, 3.05) is 13.1 Å². The van der Waals surface area contributed by atoms with Crippen LogP contribution < -0.4 is 0 Å². The molecule has 2 aliphatic rings. The van der Waals surface area contributed by atoms with Crippen molar-refractivity contribution in [3.8, 4) is 5.75 Å². The Bertz CT molecular complexity index is 709. The molecular formula is C16H13ClN2O. The fourth-order valence-corrected chi connectivity index (χ4v) is 3.26. The molecule has 4 rings (SSSR count). The maximum atomic E-state index is 10.3. The number of aromatic hydroxyl groups is 1. The van der Waals surface area contributed by atoms with Gasteiger partial charge in [-0.05, 0) is 23.8 Å². The molecule has 20 heavy (non-hydrogen) atoms. The lowest BCUT2D eigenvalue weighted by Crippen LogP contribution is -2.26. The molecule has 0 bridgehead atoms. The van der Waals surface area contributed by atoms with E-state index in [2.05, 4.69) is 9.89 Å². The van der Waals surface area contributed by atoms with E-state index >= 15 is 0 Å². The van der Waals surface area contributed by atoms with Crippen LogP contribution in [0.5, 0.6) is 5.75 Å². The summed E-state index contributed by atoms with van der Waals surface area (Å²) in [7, 11) is 0. The molecule has 0 amide bonds. The van der Waals surface area contributed by atoms with Crippen LogP contribution in [0.25, 0.3) is 0 Å². The number of amidine groups is 1. The summed E-state index contributed by atoms with van der Waals surface area (Å²) in [5.41, 5.74) is 3.12. The zero-order chi connectivity index (χ0) is 13.7. The lowest BCUT2D eigenvalue weighted by molar-refractivity contribution is 0.389. The Morgan fingerprint density at radius 3 is 2.75 bits per heavy atom. The molecule has 4 heteroatoms. The Labute approximate surface area is 122 Å². The quantitative estimate of drug-likeness (QED) is 0.873. The van der Waals surface area contributed by atoms with Crippen molar-refractivity contribution in [3.63, 3.8) is 0 Å². The van der Waals surface area contributed by atoms with Crippen LogP contribution in [0.15, 0.2) is 47.5 Å². The standard InChI is InChI=1S/C16H13ClN2O/c17-11-6-4-10(5-7-11)15-14-12(2-1-3-13(14)20)16-18-8-9-19(15)16/h1-7,15,20H,8-9H2. The SMILES string of the molecule is Oc1cccc2c1C(c1ccc(Cl)cc1)N1CCN=C21. The number of benzene rings is 2. The minimum atomic E-state index is 0.0321. The number of phenols is 1. The third-order valence-corrected chi connectivity index (χ3v) is 4.22. The first kappa shape index (κ1) is 11.8. The molecule has 2 aromatic carbocycles. The molecule has 1 unspecified atom stereocenters. The van der Waals surface area contributed by atoms with Gasteiger partial charge in [-0.25, -0.2) is 0 Å². The summed E-state index contributed by atoms with van der Waals surface area (Å²) in [5.74, 6) is 1.33. The summed E-state index contributed by atoms with van der Waals surface area (Å²) < 4.78 is 0. The second kappa shape index (κ2) is 4.25. The molecular weight excluding hydrogens is 272 g/mol. The van der Waals surface area contributed by atoms with Crippen LogP contribution in [0.2, 0.25) is 5.02 Å². The molecule has 0 aliphatic carbocycles. The Balaban J connectivity index is 1.92. The highest BCUT2D eigenvalue weighted by molar-refractivity contribution is 6.30. The highest BCUT2D eigenvalue weighted by Gasteiger charge is 2.39. The molecule has 2 aromatic rings. The van der Waals surface area contributed by atoms with Gasteiger partial charge in [-0.15, -0.1) is 0 Å². The highest BCUT2D eigenvalue weighted by atomic mass is 35.5. The number of fused-ring (bicyclic) bond motifs is 3. The van der Waals surface area contributed by atoms with E-state index in [0.29, 0.717) is 5.75 Å². The predicted molar refractivity (Wildman–Crippen MR) is 79.5 cm³/mol. The number of hydrogen-bond donors (Lipinski definition) is 1. The fraction of sp³-hybridized carbons (Fsp3) is 0.188. The Kier molecular flexibility index (Phi) is 2.51. The minimum absolute atomic E-state index is 0.0321. The molecule has 0 spiro atoms. The van der Waals surface area contributed by atoms with E-state index in [1.807, 2.05) is 36.4 Å². The van der Waals surface area contributed by atoms with Crippen LogP contribution in [-0.4, -0.2) is 28.9 Å². The molecule has 3 nitrogen and oxygen atoms in total. The maximum absolute atomic E-state index is 10.3. The molecule has 1 atom stereocenters. The van der Waals surface area contributed by atoms with Crippen molar-refractivity contribution in [1.29, 1.82) is 0 Å². The number of aliphatic imine (C=N–C) groups is 1. The van der Waals surface area contributed by atoms with E-state index in [0.717, 1.165) is 40.6 Å². The van der Waals surface area contributed by atoms with Crippen molar-refractivity contribution in [2.45, 2.75) is 6.04 Å². The molecule has 2 aliphatic heterocycles. The summed E-state index contributed by atoms with van der Waals surface area (Å²) in [6.07, 6.45) is 0. The Morgan fingerprint density at radius 1 is 1.15 bits per heavy atom. The van der Waals surface area contributed by atoms with Gasteiger partial charge in [-0.1, -0.05) is 35.9 Å². The highest BCUT2D eigenvalue weighted by Crippen LogP contribution is 2.44. The van der Waals surface area contributed by atoms with Gasteiger partial charge in [0.1, 0.15) is 11.6 Å².